The second-order valence-electron chi connectivity index (χ2n) is 7.32. The standard InChI is InChI=1S/C20H29N3O5S/c1-15(24)16-8-10-18(11-9-16)29(27,28)23(2)14-19(25)21-12-13-22-20(26)17-6-4-3-5-7-17/h8-11,17H,3-7,12-14H2,1-2H3,(H,21,25)(H,22,26). The molecule has 0 radical (unpaired) electrons. The molecule has 0 aromatic heterocycles. The fourth-order valence-corrected chi connectivity index (χ4v) is 4.41. The summed E-state index contributed by atoms with van der Waals surface area (Å²) in [6.07, 6.45) is 5.15. The summed E-state index contributed by atoms with van der Waals surface area (Å²) in [4.78, 5) is 35.4. The summed E-state index contributed by atoms with van der Waals surface area (Å²) in [6.45, 7) is 1.60. The van der Waals surface area contributed by atoms with Gasteiger partial charge >= 0.3 is 0 Å². The van der Waals surface area contributed by atoms with Crippen LogP contribution in [-0.4, -0.2) is 57.0 Å². The van der Waals surface area contributed by atoms with Crippen molar-refractivity contribution >= 4 is 27.6 Å². The van der Waals surface area contributed by atoms with Crippen LogP contribution in [0.3, 0.4) is 0 Å². The molecule has 0 atom stereocenters. The Morgan fingerprint density at radius 2 is 1.59 bits per heavy atom. The van der Waals surface area contributed by atoms with Crippen molar-refractivity contribution in [2.24, 2.45) is 5.92 Å². The number of rotatable bonds is 9. The molecule has 0 unspecified atom stereocenters. The predicted octanol–water partition coefficient (Wildman–Crippen LogP) is 1.32. The van der Waals surface area contributed by atoms with Crippen molar-refractivity contribution in [3.05, 3.63) is 29.8 Å². The normalized spacial score (nSPS) is 15.1. The number of sulfonamides is 1. The van der Waals surface area contributed by atoms with Gasteiger partial charge in [0, 0.05) is 31.6 Å². The molecule has 0 heterocycles. The minimum Gasteiger partial charge on any atom is -0.354 e. The SMILES string of the molecule is CC(=O)c1ccc(S(=O)(=O)N(C)CC(=O)NCCNC(=O)C2CCCCC2)cc1. The number of hydrogen-bond donors (Lipinski definition) is 2. The molecule has 29 heavy (non-hydrogen) atoms. The van der Waals surface area contributed by atoms with Crippen LogP contribution >= 0.6 is 0 Å². The summed E-state index contributed by atoms with van der Waals surface area (Å²) in [7, 11) is -2.53. The van der Waals surface area contributed by atoms with Gasteiger partial charge in [-0.3, -0.25) is 14.4 Å². The van der Waals surface area contributed by atoms with Crippen molar-refractivity contribution < 1.29 is 22.8 Å². The fraction of sp³-hybridized carbons (Fsp3) is 0.550. The topological polar surface area (TPSA) is 113 Å². The Morgan fingerprint density at radius 3 is 2.17 bits per heavy atom. The zero-order valence-corrected chi connectivity index (χ0v) is 17.8. The third-order valence-electron chi connectivity index (χ3n) is 5.06. The molecule has 2 N–H and O–H groups in total. The molecular formula is C20H29N3O5S. The maximum Gasteiger partial charge on any atom is 0.243 e. The summed E-state index contributed by atoms with van der Waals surface area (Å²) in [5.74, 6) is -0.529. The third-order valence-corrected chi connectivity index (χ3v) is 6.88. The summed E-state index contributed by atoms with van der Waals surface area (Å²) >= 11 is 0. The molecule has 1 aromatic rings. The molecule has 0 bridgehead atoms. The van der Waals surface area contributed by atoms with Crippen molar-refractivity contribution in [1.82, 2.24) is 14.9 Å². The largest absolute Gasteiger partial charge is 0.354 e. The van der Waals surface area contributed by atoms with Crippen LogP contribution in [0.2, 0.25) is 0 Å². The minimum atomic E-state index is -3.84. The molecule has 1 saturated carbocycles. The number of carbonyl (C=O) groups excluding carboxylic acids is 3. The Bertz CT molecular complexity index is 830. The maximum absolute atomic E-state index is 12.5. The second kappa shape index (κ2) is 10.5. The average Bonchev–Trinajstić information content (AvgIpc) is 2.71. The van der Waals surface area contributed by atoms with Crippen LogP contribution in [0.1, 0.15) is 49.4 Å². The van der Waals surface area contributed by atoms with Crippen LogP contribution in [0.25, 0.3) is 0 Å². The van der Waals surface area contributed by atoms with Gasteiger partial charge in [0.1, 0.15) is 0 Å². The highest BCUT2D eigenvalue weighted by Gasteiger charge is 2.23. The van der Waals surface area contributed by atoms with Crippen LogP contribution < -0.4 is 10.6 Å². The van der Waals surface area contributed by atoms with Crippen molar-refractivity contribution in [3.63, 3.8) is 0 Å². The zero-order chi connectivity index (χ0) is 21.4. The Kier molecular flexibility index (Phi) is 8.33. The van der Waals surface area contributed by atoms with Crippen LogP contribution in [0.4, 0.5) is 0 Å². The van der Waals surface area contributed by atoms with Gasteiger partial charge < -0.3 is 10.6 Å². The van der Waals surface area contributed by atoms with E-state index in [1.165, 1.54) is 44.7 Å². The number of nitrogens with zero attached hydrogens (tertiary/aromatic N) is 1. The van der Waals surface area contributed by atoms with Gasteiger partial charge in [-0.25, -0.2) is 8.42 Å². The lowest BCUT2D eigenvalue weighted by Crippen LogP contribution is -2.42. The highest BCUT2D eigenvalue weighted by molar-refractivity contribution is 7.89. The summed E-state index contributed by atoms with van der Waals surface area (Å²) in [5, 5.41) is 5.43. The number of nitrogens with one attached hydrogen (secondary N) is 2. The Hall–Kier alpha value is -2.26. The van der Waals surface area contributed by atoms with E-state index in [1.54, 1.807) is 0 Å². The van der Waals surface area contributed by atoms with E-state index in [-0.39, 0.29) is 35.6 Å². The van der Waals surface area contributed by atoms with E-state index >= 15 is 0 Å². The van der Waals surface area contributed by atoms with E-state index in [9.17, 15) is 22.8 Å². The quantitative estimate of drug-likeness (QED) is 0.459. The molecule has 1 aliphatic rings. The predicted molar refractivity (Wildman–Crippen MR) is 109 cm³/mol. The van der Waals surface area contributed by atoms with E-state index < -0.39 is 15.9 Å². The Morgan fingerprint density at radius 1 is 1.00 bits per heavy atom. The number of hydrogen-bond acceptors (Lipinski definition) is 5. The van der Waals surface area contributed by atoms with Crippen LogP contribution in [0, 0.1) is 5.92 Å². The van der Waals surface area contributed by atoms with Gasteiger partial charge in [0.15, 0.2) is 5.78 Å². The number of Topliss-reactive ketones (excluding diaryl/α,β-unsaturated/α-hetero) is 1. The molecule has 2 amide bonds. The zero-order valence-electron chi connectivity index (χ0n) is 16.9. The smallest absolute Gasteiger partial charge is 0.243 e. The molecule has 1 fully saturated rings. The molecule has 8 nitrogen and oxygen atoms in total. The van der Waals surface area contributed by atoms with Gasteiger partial charge in [-0.2, -0.15) is 4.31 Å². The highest BCUT2D eigenvalue weighted by atomic mass is 32.2. The first-order valence-corrected chi connectivity index (χ1v) is 11.3. The van der Waals surface area contributed by atoms with E-state index in [0.29, 0.717) is 12.1 Å². The second-order valence-corrected chi connectivity index (χ2v) is 9.36. The first-order valence-electron chi connectivity index (χ1n) is 9.83. The fourth-order valence-electron chi connectivity index (χ4n) is 3.28. The lowest BCUT2D eigenvalue weighted by molar-refractivity contribution is -0.126. The summed E-state index contributed by atoms with van der Waals surface area (Å²) < 4.78 is 26.0. The first-order chi connectivity index (χ1) is 13.7. The number of ketones is 1. The van der Waals surface area contributed by atoms with Gasteiger partial charge in [-0.05, 0) is 31.9 Å². The Balaban J connectivity index is 1.77. The van der Waals surface area contributed by atoms with Gasteiger partial charge in [-0.1, -0.05) is 31.4 Å². The van der Waals surface area contributed by atoms with Gasteiger partial charge in [0.2, 0.25) is 21.8 Å². The van der Waals surface area contributed by atoms with Gasteiger partial charge in [0.05, 0.1) is 11.4 Å². The van der Waals surface area contributed by atoms with Crippen molar-refractivity contribution in [2.75, 3.05) is 26.7 Å². The molecule has 0 spiro atoms. The molecule has 160 valence electrons. The minimum absolute atomic E-state index is 0.0116. The molecule has 1 aromatic carbocycles. The molecular weight excluding hydrogens is 394 g/mol. The maximum atomic E-state index is 12.5. The van der Waals surface area contributed by atoms with Crippen LogP contribution in [-0.2, 0) is 19.6 Å². The van der Waals surface area contributed by atoms with E-state index in [4.69, 9.17) is 0 Å². The average molecular weight is 424 g/mol. The monoisotopic (exact) mass is 423 g/mol. The lowest BCUT2D eigenvalue weighted by atomic mass is 9.89. The molecule has 0 saturated heterocycles. The van der Waals surface area contributed by atoms with E-state index in [2.05, 4.69) is 10.6 Å². The van der Waals surface area contributed by atoms with Crippen LogP contribution in [0.15, 0.2) is 29.2 Å². The highest BCUT2D eigenvalue weighted by Crippen LogP contribution is 2.23. The van der Waals surface area contributed by atoms with E-state index in [1.807, 2.05) is 0 Å². The first kappa shape index (κ1) is 23.0. The van der Waals surface area contributed by atoms with Crippen molar-refractivity contribution in [3.8, 4) is 0 Å². The molecule has 9 heteroatoms. The number of benzene rings is 1. The van der Waals surface area contributed by atoms with Crippen molar-refractivity contribution in [2.45, 2.75) is 43.9 Å². The van der Waals surface area contributed by atoms with Gasteiger partial charge in [0.25, 0.3) is 0 Å². The number of amides is 2. The number of likely N-dealkylation sites (N-methyl/N-ethyl adjacent to an activating group) is 1. The number of carbonyl (C=O) groups is 3. The molecule has 1 aliphatic carbocycles. The summed E-state index contributed by atoms with van der Waals surface area (Å²) in [5.41, 5.74) is 0.416. The Labute approximate surface area is 172 Å². The van der Waals surface area contributed by atoms with Crippen LogP contribution in [0.5, 0.6) is 0 Å². The van der Waals surface area contributed by atoms with E-state index in [0.717, 1.165) is 30.0 Å². The lowest BCUT2D eigenvalue weighted by Gasteiger charge is -2.21. The molecule has 0 aliphatic heterocycles. The summed E-state index contributed by atoms with van der Waals surface area (Å²) in [6, 6.07) is 5.58. The van der Waals surface area contributed by atoms with Gasteiger partial charge in [-0.15, -0.1) is 0 Å². The van der Waals surface area contributed by atoms with Crippen molar-refractivity contribution in [1.29, 1.82) is 0 Å². The molecule has 2 rings (SSSR count). The third kappa shape index (κ3) is 6.64.